The number of methoxy groups -OCH3 is 3. The first kappa shape index (κ1) is 55.1. The van der Waals surface area contributed by atoms with Gasteiger partial charge in [0, 0.05) is 128 Å². The van der Waals surface area contributed by atoms with Gasteiger partial charge in [-0.25, -0.2) is 0 Å². The Labute approximate surface area is 478 Å². The number of rotatable bonds is 3. The van der Waals surface area contributed by atoms with Crippen LogP contribution < -0.4 is 25.1 Å². The van der Waals surface area contributed by atoms with Gasteiger partial charge < -0.3 is 24.2 Å². The van der Waals surface area contributed by atoms with Crippen molar-refractivity contribution in [1.29, 1.82) is 0 Å². The maximum absolute atomic E-state index is 11.7. The number of H-pyrrole nitrogens is 2. The third kappa shape index (κ3) is 10.8. The molecule has 0 atom stereocenters. The number of halogens is 2. The first-order chi connectivity index (χ1) is 39.6. The number of nitrogens with one attached hydrogen (secondary N) is 2. The summed E-state index contributed by atoms with van der Waals surface area (Å²) in [6, 6.07) is 41.4. The molecule has 15 nitrogen and oxygen atoms in total. The second-order valence-electron chi connectivity index (χ2n) is 18.1. The molecule has 82 heavy (non-hydrogen) atoms. The van der Waals surface area contributed by atoms with Gasteiger partial charge in [-0.15, -0.1) is 0 Å². The molecule has 0 spiro atoms. The minimum Gasteiger partial charge on any atom is -0.496 e. The topological polar surface area (TPSA) is 197 Å². The van der Waals surface area contributed by atoms with Crippen LogP contribution in [0.1, 0.15) is 13.0 Å². The van der Waals surface area contributed by atoms with Crippen molar-refractivity contribution >= 4 is 132 Å². The molecule has 10 aromatic heterocycles. The van der Waals surface area contributed by atoms with Crippen molar-refractivity contribution in [3.8, 4) is 17.2 Å². The van der Waals surface area contributed by atoms with Gasteiger partial charge in [0.05, 0.1) is 75.5 Å². The Balaban J connectivity index is 0.000000115. The van der Waals surface area contributed by atoms with Crippen molar-refractivity contribution in [2.45, 2.75) is 14.4 Å². The lowest BCUT2D eigenvalue weighted by atomic mass is 10.1. The molecule has 10 heterocycles. The van der Waals surface area contributed by atoms with Gasteiger partial charge in [-0.2, -0.15) is 0 Å². The van der Waals surface area contributed by atoms with Gasteiger partial charge in [0.15, 0.2) is 10.9 Å². The number of hydrogen-bond acceptors (Lipinski definition) is 13. The van der Waals surface area contributed by atoms with Crippen LogP contribution in [0.5, 0.6) is 17.2 Å². The lowest BCUT2D eigenvalue weighted by molar-refractivity contribution is 0.419. The van der Waals surface area contributed by atoms with E-state index in [0.717, 1.165) is 121 Å². The van der Waals surface area contributed by atoms with E-state index in [1.54, 1.807) is 108 Å². The normalized spacial score (nSPS) is 10.8. The molecule has 0 saturated heterocycles. The largest absolute Gasteiger partial charge is 0.496 e. The Kier molecular flexibility index (Phi) is 16.4. The molecular weight excluding hydrogens is 1070 g/mol. The maximum atomic E-state index is 11.7. The van der Waals surface area contributed by atoms with E-state index in [4.69, 9.17) is 37.4 Å². The number of aromatic amines is 2. The van der Waals surface area contributed by atoms with Crippen LogP contribution in [-0.4, -0.2) is 71.2 Å². The zero-order valence-electron chi connectivity index (χ0n) is 43.9. The molecule has 15 aromatic rings. The highest BCUT2D eigenvalue weighted by molar-refractivity contribution is 6.38. The number of fused-ring (bicyclic) bond motifs is 15. The van der Waals surface area contributed by atoms with Gasteiger partial charge in [0.25, 0.3) is 0 Å². The summed E-state index contributed by atoms with van der Waals surface area (Å²) in [6.07, 6.45) is 17.1. The van der Waals surface area contributed by atoms with Crippen molar-refractivity contribution in [2.75, 3.05) is 21.3 Å². The van der Waals surface area contributed by atoms with E-state index in [1.807, 2.05) is 79.7 Å². The van der Waals surface area contributed by atoms with Gasteiger partial charge in [0.1, 0.15) is 28.3 Å². The highest BCUT2D eigenvalue weighted by Crippen LogP contribution is 2.34. The Morgan fingerprint density at radius 2 is 0.671 bits per heavy atom. The average molecular weight is 1120 g/mol. The van der Waals surface area contributed by atoms with Crippen LogP contribution in [0.15, 0.2) is 205 Å². The highest BCUT2D eigenvalue weighted by Gasteiger charge is 2.12. The van der Waals surface area contributed by atoms with E-state index in [-0.39, 0.29) is 18.3 Å². The summed E-state index contributed by atoms with van der Waals surface area (Å²) in [5, 5.41) is 10.6. The van der Waals surface area contributed by atoms with Crippen molar-refractivity contribution in [3.05, 3.63) is 231 Å². The van der Waals surface area contributed by atoms with Crippen LogP contribution in [0.4, 0.5) is 0 Å². The molecule has 15 rings (SSSR count). The van der Waals surface area contributed by atoms with E-state index in [9.17, 15) is 9.59 Å². The van der Waals surface area contributed by atoms with Gasteiger partial charge in [-0.1, -0.05) is 73.1 Å². The van der Waals surface area contributed by atoms with Gasteiger partial charge >= 0.3 is 0 Å². The highest BCUT2D eigenvalue weighted by atomic mass is 35.5. The Morgan fingerprint density at radius 1 is 0.341 bits per heavy atom. The third-order valence-electron chi connectivity index (χ3n) is 13.5. The molecular formula is C65H50Cl2N10O5. The fourth-order valence-electron chi connectivity index (χ4n) is 9.59. The van der Waals surface area contributed by atoms with E-state index in [1.165, 1.54) is 12.1 Å². The maximum Gasteiger partial charge on any atom is 0.189 e. The molecule has 0 aliphatic heterocycles. The number of pyridine rings is 10. The molecule has 5 aromatic carbocycles. The molecule has 17 heteroatoms. The van der Waals surface area contributed by atoms with Crippen molar-refractivity contribution in [3.63, 3.8) is 0 Å². The molecule has 0 unspecified atom stereocenters. The lowest BCUT2D eigenvalue weighted by Gasteiger charge is -2.08. The van der Waals surface area contributed by atoms with Crippen molar-refractivity contribution in [2.24, 2.45) is 0 Å². The number of nitrogens with zero attached hydrogens (tertiary/aromatic N) is 8. The Morgan fingerprint density at radius 3 is 1.11 bits per heavy atom. The summed E-state index contributed by atoms with van der Waals surface area (Å²) in [5.41, 5.74) is 9.52. The third-order valence-corrected chi connectivity index (χ3v) is 14.2. The first-order valence-electron chi connectivity index (χ1n) is 25.2. The fourth-order valence-corrected chi connectivity index (χ4v) is 10.0. The van der Waals surface area contributed by atoms with Crippen LogP contribution >= 0.6 is 23.2 Å². The second-order valence-corrected chi connectivity index (χ2v) is 19.0. The molecule has 0 aliphatic rings. The van der Waals surface area contributed by atoms with E-state index < -0.39 is 0 Å². The molecule has 0 fully saturated rings. The van der Waals surface area contributed by atoms with E-state index in [0.29, 0.717) is 20.8 Å². The Bertz CT molecular complexity index is 4810. The van der Waals surface area contributed by atoms with Crippen LogP contribution in [0.3, 0.4) is 0 Å². The molecule has 0 saturated carbocycles. The van der Waals surface area contributed by atoms with Crippen molar-refractivity contribution < 1.29 is 14.2 Å². The summed E-state index contributed by atoms with van der Waals surface area (Å²) < 4.78 is 15.9. The summed E-state index contributed by atoms with van der Waals surface area (Å²) in [6.45, 7) is 2.04. The molecule has 0 aliphatic carbocycles. The van der Waals surface area contributed by atoms with Crippen LogP contribution in [0.25, 0.3) is 109 Å². The number of ether oxygens (including phenoxy) is 3. The zero-order valence-corrected chi connectivity index (χ0v) is 45.4. The Hall–Kier alpha value is -10.2. The average Bonchev–Trinajstić information content (AvgIpc) is 3.60. The number of aryl methyl sites for hydroxylation is 1. The van der Waals surface area contributed by atoms with Crippen molar-refractivity contribution in [1.82, 2.24) is 49.8 Å². The molecule has 0 bridgehead atoms. The predicted molar refractivity (Wildman–Crippen MR) is 332 cm³/mol. The monoisotopic (exact) mass is 1120 g/mol. The minimum atomic E-state index is -0.00901. The van der Waals surface area contributed by atoms with E-state index in [2.05, 4.69) is 74.1 Å². The molecule has 0 radical (unpaired) electrons. The number of aromatic nitrogens is 10. The van der Waals surface area contributed by atoms with Gasteiger partial charge in [-0.05, 0) is 91.3 Å². The minimum absolute atomic E-state index is 0. The van der Waals surface area contributed by atoms with Crippen LogP contribution in [0, 0.1) is 6.92 Å². The summed E-state index contributed by atoms with van der Waals surface area (Å²) >= 11 is 12.2. The summed E-state index contributed by atoms with van der Waals surface area (Å²) in [7, 11) is 4.92. The summed E-state index contributed by atoms with van der Waals surface area (Å²) in [5.74, 6) is 2.35. The smallest absolute Gasteiger partial charge is 0.189 e. The van der Waals surface area contributed by atoms with E-state index >= 15 is 0 Å². The lowest BCUT2D eigenvalue weighted by Crippen LogP contribution is -2.00. The van der Waals surface area contributed by atoms with Gasteiger partial charge in [-0.3, -0.25) is 49.5 Å². The summed E-state index contributed by atoms with van der Waals surface area (Å²) in [4.78, 5) is 64.3. The zero-order chi connectivity index (χ0) is 56.0. The quantitative estimate of drug-likeness (QED) is 0.159. The second kappa shape index (κ2) is 24.4. The molecule has 2 N–H and O–H groups in total. The van der Waals surface area contributed by atoms with Gasteiger partial charge in [0.2, 0.25) is 0 Å². The predicted octanol–water partition coefficient (Wildman–Crippen LogP) is 14.8. The first-order valence-corrected chi connectivity index (χ1v) is 26.0. The standard InChI is InChI=1S/C14H12N2O2.C13H10N2O2.C13H10N2O.C12H6Cl2N2.C12H8N2.CH4/c1-17-11-5-7-15-13-9(11)3-4-10-12(18-2)6-8-16-14(10)13;1-17-11-5-7-15-13-9(11)3-2-8-10(16)4-6-14-12(8)13;1-8-4-6-14-12-9(8)2-3-10-11(16)5-7-15-13(10)12;13-9-3-5-15-11-7(9)1-2-8-10(14)4-6-16-12(8)11;1-3-9-5-6-10-4-2-8-14-12(10)11(9)13-7-1;/h3-8H,1-2H3;2-7H,1H3,(H,14,16);2-7H,1H3,(H,15,16);1-6H;1-8H;1H4. The van der Waals surface area contributed by atoms with Crippen LogP contribution in [0.2, 0.25) is 10.0 Å². The molecule has 404 valence electrons. The number of benzene rings is 5. The fraction of sp³-hybridized carbons (Fsp3) is 0.0769. The number of hydrogen-bond donors (Lipinski definition) is 2. The molecule has 0 amide bonds. The van der Waals surface area contributed by atoms with Crippen LogP contribution in [-0.2, 0) is 0 Å². The SMILES string of the molecule is C.COc1ccnc2c1ccc1c(=O)cc[nH]c12.COc1ccnc2c1ccc1c(OC)ccnc12.Cc1ccnc2c1ccc1c(=O)cc[nH]c12.Clc1ccnc2c1ccc1c(Cl)ccnc12.c1cnc2c(c1)ccc1cccnc12.